The Bertz CT molecular complexity index is 401. The average molecular weight is 293 g/mol. The van der Waals surface area contributed by atoms with Gasteiger partial charge in [-0.15, -0.1) is 0 Å². The Morgan fingerprint density at radius 1 is 1.24 bits per heavy atom. The summed E-state index contributed by atoms with van der Waals surface area (Å²) in [5, 5.41) is 13.0. The number of nitrogens with one attached hydrogen (secondary N) is 1. The van der Waals surface area contributed by atoms with Crippen molar-refractivity contribution in [2.75, 3.05) is 19.8 Å². The highest BCUT2D eigenvalue weighted by Gasteiger charge is 2.20. The Hall–Kier alpha value is -1.10. The van der Waals surface area contributed by atoms with Gasteiger partial charge in [0, 0.05) is 19.2 Å². The predicted molar refractivity (Wildman–Crippen MR) is 83.5 cm³/mol. The molecule has 0 aliphatic heterocycles. The van der Waals surface area contributed by atoms with Gasteiger partial charge in [0.25, 0.3) is 0 Å². The Kier molecular flexibility index (Phi) is 6.49. The lowest BCUT2D eigenvalue weighted by Gasteiger charge is -2.15. The van der Waals surface area contributed by atoms with Crippen molar-refractivity contribution < 1.29 is 14.6 Å². The Labute approximate surface area is 127 Å². The summed E-state index contributed by atoms with van der Waals surface area (Å²) in [5.74, 6) is 1.58. The zero-order valence-electron chi connectivity index (χ0n) is 13.0. The Morgan fingerprint density at radius 3 is 2.57 bits per heavy atom. The van der Waals surface area contributed by atoms with E-state index >= 15 is 0 Å². The Balaban J connectivity index is 1.63. The van der Waals surface area contributed by atoms with E-state index in [1.54, 1.807) is 0 Å². The number of rotatable bonds is 10. The molecule has 1 aromatic rings. The van der Waals surface area contributed by atoms with Gasteiger partial charge in [-0.3, -0.25) is 0 Å². The monoisotopic (exact) mass is 293 g/mol. The first kappa shape index (κ1) is 16.3. The van der Waals surface area contributed by atoms with Crippen molar-refractivity contribution in [2.24, 2.45) is 5.92 Å². The highest BCUT2D eigenvalue weighted by molar-refractivity contribution is 5.26. The van der Waals surface area contributed by atoms with Crippen LogP contribution in [0.4, 0.5) is 0 Å². The van der Waals surface area contributed by atoms with Crippen LogP contribution in [-0.2, 0) is 11.3 Å². The van der Waals surface area contributed by atoms with Crippen molar-refractivity contribution in [3.8, 4) is 5.75 Å². The first-order chi connectivity index (χ1) is 10.1. The summed E-state index contributed by atoms with van der Waals surface area (Å²) in [6.07, 6.45) is 2.15. The van der Waals surface area contributed by atoms with Gasteiger partial charge in [-0.25, -0.2) is 0 Å². The van der Waals surface area contributed by atoms with Crippen LogP contribution in [0.15, 0.2) is 24.3 Å². The summed E-state index contributed by atoms with van der Waals surface area (Å²) >= 11 is 0. The number of benzene rings is 1. The molecule has 2 N–H and O–H groups in total. The van der Waals surface area contributed by atoms with Crippen LogP contribution < -0.4 is 10.1 Å². The van der Waals surface area contributed by atoms with E-state index in [4.69, 9.17) is 9.47 Å². The summed E-state index contributed by atoms with van der Waals surface area (Å²) in [4.78, 5) is 0. The summed E-state index contributed by atoms with van der Waals surface area (Å²) in [7, 11) is 0. The topological polar surface area (TPSA) is 50.7 Å². The molecular weight excluding hydrogens is 266 g/mol. The standard InChI is InChI=1S/C17H27NO3/c1-13(2)18-9-16(19)12-21-17-7-5-15(6-8-17)11-20-10-14-3-4-14/h5-8,13-14,16,18-19H,3-4,9-12H2,1-2H3/t16-/m1/s1. The van der Waals surface area contributed by atoms with E-state index in [2.05, 4.69) is 19.2 Å². The van der Waals surface area contributed by atoms with Crippen molar-refractivity contribution in [2.45, 2.75) is 45.4 Å². The van der Waals surface area contributed by atoms with Crippen molar-refractivity contribution in [1.29, 1.82) is 0 Å². The minimum Gasteiger partial charge on any atom is -0.491 e. The van der Waals surface area contributed by atoms with E-state index in [0.717, 1.165) is 23.8 Å². The van der Waals surface area contributed by atoms with E-state index in [-0.39, 0.29) is 0 Å². The highest BCUT2D eigenvalue weighted by atomic mass is 16.5. The molecule has 1 saturated carbocycles. The molecule has 1 aromatic carbocycles. The van der Waals surface area contributed by atoms with E-state index in [9.17, 15) is 5.11 Å². The average Bonchev–Trinajstić information content (AvgIpc) is 3.28. The molecule has 0 aromatic heterocycles. The molecule has 4 heteroatoms. The van der Waals surface area contributed by atoms with E-state index in [1.807, 2.05) is 24.3 Å². The fourth-order valence-electron chi connectivity index (χ4n) is 1.93. The molecule has 0 unspecified atom stereocenters. The number of aliphatic hydroxyl groups excluding tert-OH is 1. The highest BCUT2D eigenvalue weighted by Crippen LogP contribution is 2.29. The van der Waals surface area contributed by atoms with Gasteiger partial charge in [0.05, 0.1) is 6.61 Å². The maximum absolute atomic E-state index is 9.78. The van der Waals surface area contributed by atoms with Gasteiger partial charge in [-0.2, -0.15) is 0 Å². The van der Waals surface area contributed by atoms with Crippen molar-refractivity contribution in [3.63, 3.8) is 0 Å². The quantitative estimate of drug-likeness (QED) is 0.695. The lowest BCUT2D eigenvalue weighted by Crippen LogP contribution is -2.35. The van der Waals surface area contributed by atoms with Crippen LogP contribution in [0.2, 0.25) is 0 Å². The Morgan fingerprint density at radius 2 is 1.95 bits per heavy atom. The second kappa shape index (κ2) is 8.37. The lowest BCUT2D eigenvalue weighted by molar-refractivity contribution is 0.104. The van der Waals surface area contributed by atoms with Crippen LogP contribution >= 0.6 is 0 Å². The molecule has 2 rings (SSSR count). The zero-order chi connectivity index (χ0) is 15.1. The van der Waals surface area contributed by atoms with Gasteiger partial charge in [-0.1, -0.05) is 26.0 Å². The van der Waals surface area contributed by atoms with Crippen LogP contribution in [0.25, 0.3) is 0 Å². The summed E-state index contributed by atoms with van der Waals surface area (Å²) in [6.45, 7) is 6.50. The fraction of sp³-hybridized carbons (Fsp3) is 0.647. The van der Waals surface area contributed by atoms with Gasteiger partial charge >= 0.3 is 0 Å². The third kappa shape index (κ3) is 6.93. The molecule has 118 valence electrons. The van der Waals surface area contributed by atoms with Crippen molar-refractivity contribution >= 4 is 0 Å². The summed E-state index contributed by atoms with van der Waals surface area (Å²) in [6, 6.07) is 8.26. The zero-order valence-corrected chi connectivity index (χ0v) is 13.0. The molecule has 1 atom stereocenters. The minimum absolute atomic E-state index is 0.303. The van der Waals surface area contributed by atoms with Crippen molar-refractivity contribution in [1.82, 2.24) is 5.32 Å². The van der Waals surface area contributed by atoms with Gasteiger partial charge in [-0.05, 0) is 36.5 Å². The summed E-state index contributed by atoms with van der Waals surface area (Å²) < 4.78 is 11.2. The SMILES string of the molecule is CC(C)NC[C@@H](O)COc1ccc(COCC2CC2)cc1. The molecule has 0 spiro atoms. The fourth-order valence-corrected chi connectivity index (χ4v) is 1.93. The summed E-state index contributed by atoms with van der Waals surface area (Å²) in [5.41, 5.74) is 1.16. The number of hydrogen-bond donors (Lipinski definition) is 2. The molecular formula is C17H27NO3. The van der Waals surface area contributed by atoms with Crippen LogP contribution in [0.1, 0.15) is 32.3 Å². The predicted octanol–water partition coefficient (Wildman–Crippen LogP) is 2.35. The molecule has 21 heavy (non-hydrogen) atoms. The van der Waals surface area contributed by atoms with Crippen LogP contribution in [0.5, 0.6) is 5.75 Å². The van der Waals surface area contributed by atoms with Crippen LogP contribution in [0, 0.1) is 5.92 Å². The molecule has 0 amide bonds. The second-order valence-electron chi connectivity index (χ2n) is 6.13. The van der Waals surface area contributed by atoms with Crippen LogP contribution in [0.3, 0.4) is 0 Å². The first-order valence-electron chi connectivity index (χ1n) is 7.84. The normalized spacial score (nSPS) is 16.2. The second-order valence-corrected chi connectivity index (χ2v) is 6.13. The third-order valence-electron chi connectivity index (χ3n) is 3.45. The number of ether oxygens (including phenoxy) is 2. The largest absolute Gasteiger partial charge is 0.491 e. The molecule has 1 fully saturated rings. The van der Waals surface area contributed by atoms with Crippen molar-refractivity contribution in [3.05, 3.63) is 29.8 Å². The van der Waals surface area contributed by atoms with Gasteiger partial charge in [0.15, 0.2) is 0 Å². The van der Waals surface area contributed by atoms with E-state index < -0.39 is 6.10 Å². The smallest absolute Gasteiger partial charge is 0.119 e. The molecule has 0 heterocycles. The lowest BCUT2D eigenvalue weighted by atomic mass is 10.2. The van der Waals surface area contributed by atoms with Gasteiger partial charge < -0.3 is 19.9 Å². The maximum Gasteiger partial charge on any atom is 0.119 e. The molecule has 0 bridgehead atoms. The number of aliphatic hydroxyl groups is 1. The first-order valence-corrected chi connectivity index (χ1v) is 7.84. The van der Waals surface area contributed by atoms with Gasteiger partial charge in [0.2, 0.25) is 0 Å². The minimum atomic E-state index is -0.492. The van der Waals surface area contributed by atoms with E-state index in [0.29, 0.717) is 25.8 Å². The van der Waals surface area contributed by atoms with Crippen LogP contribution in [-0.4, -0.2) is 37.0 Å². The van der Waals surface area contributed by atoms with Gasteiger partial charge in [0.1, 0.15) is 18.5 Å². The molecule has 4 nitrogen and oxygen atoms in total. The molecule has 0 radical (unpaired) electrons. The third-order valence-corrected chi connectivity index (χ3v) is 3.45. The molecule has 1 aliphatic rings. The molecule has 0 saturated heterocycles. The van der Waals surface area contributed by atoms with E-state index in [1.165, 1.54) is 12.8 Å². The molecule has 1 aliphatic carbocycles. The maximum atomic E-state index is 9.78. The number of hydrogen-bond acceptors (Lipinski definition) is 4.